The molecule has 1 aromatic carbocycles. The van der Waals surface area contributed by atoms with E-state index in [0.717, 1.165) is 17.9 Å². The molecule has 0 bridgehead atoms. The molecule has 2 N–H and O–H groups in total. The SMILES string of the molecule is NCc1ccc(CC2CCCC=C2Cl)cc1. The summed E-state index contributed by atoms with van der Waals surface area (Å²) >= 11 is 6.23. The Morgan fingerprint density at radius 2 is 1.88 bits per heavy atom. The Morgan fingerprint density at radius 1 is 1.19 bits per heavy atom. The molecular formula is C14H18ClN. The van der Waals surface area contributed by atoms with Crippen molar-refractivity contribution in [2.45, 2.75) is 32.2 Å². The number of benzene rings is 1. The lowest BCUT2D eigenvalue weighted by Gasteiger charge is -2.20. The van der Waals surface area contributed by atoms with Crippen LogP contribution in [-0.2, 0) is 13.0 Å². The zero-order chi connectivity index (χ0) is 11.4. The molecule has 1 aliphatic carbocycles. The van der Waals surface area contributed by atoms with Crippen LogP contribution < -0.4 is 5.73 Å². The van der Waals surface area contributed by atoms with Crippen LogP contribution in [0, 0.1) is 5.92 Å². The van der Waals surface area contributed by atoms with Gasteiger partial charge in [-0.15, -0.1) is 0 Å². The molecule has 86 valence electrons. The average Bonchev–Trinajstić information content (AvgIpc) is 2.33. The topological polar surface area (TPSA) is 26.0 Å². The molecule has 2 heteroatoms. The van der Waals surface area contributed by atoms with E-state index in [1.807, 2.05) is 0 Å². The fourth-order valence-corrected chi connectivity index (χ4v) is 2.50. The molecule has 1 atom stereocenters. The van der Waals surface area contributed by atoms with E-state index in [-0.39, 0.29) is 0 Å². The summed E-state index contributed by atoms with van der Waals surface area (Å²) in [5.74, 6) is 0.527. The minimum Gasteiger partial charge on any atom is -0.326 e. The zero-order valence-electron chi connectivity index (χ0n) is 9.45. The first-order valence-corrected chi connectivity index (χ1v) is 6.31. The van der Waals surface area contributed by atoms with E-state index in [9.17, 15) is 0 Å². The van der Waals surface area contributed by atoms with Crippen molar-refractivity contribution in [1.82, 2.24) is 0 Å². The molecule has 16 heavy (non-hydrogen) atoms. The van der Waals surface area contributed by atoms with Gasteiger partial charge >= 0.3 is 0 Å². The molecule has 0 amide bonds. The van der Waals surface area contributed by atoms with Crippen LogP contribution in [0.3, 0.4) is 0 Å². The summed E-state index contributed by atoms with van der Waals surface area (Å²) in [7, 11) is 0. The summed E-state index contributed by atoms with van der Waals surface area (Å²) in [4.78, 5) is 0. The number of hydrogen-bond donors (Lipinski definition) is 1. The third-order valence-electron chi connectivity index (χ3n) is 3.23. The molecule has 1 nitrogen and oxygen atoms in total. The molecule has 0 fully saturated rings. The lowest BCUT2D eigenvalue weighted by atomic mass is 9.89. The van der Waals surface area contributed by atoms with Crippen molar-refractivity contribution in [3.05, 3.63) is 46.5 Å². The summed E-state index contributed by atoms with van der Waals surface area (Å²) in [6.45, 7) is 0.615. The van der Waals surface area contributed by atoms with Crippen LogP contribution in [0.5, 0.6) is 0 Å². The molecule has 0 radical (unpaired) electrons. The summed E-state index contributed by atoms with van der Waals surface area (Å²) in [6, 6.07) is 8.55. The van der Waals surface area contributed by atoms with Gasteiger partial charge in [-0.3, -0.25) is 0 Å². The molecule has 0 aliphatic heterocycles. The Hall–Kier alpha value is -0.790. The van der Waals surface area contributed by atoms with Crippen molar-refractivity contribution in [3.8, 4) is 0 Å². The molecule has 1 aromatic rings. The van der Waals surface area contributed by atoms with Gasteiger partial charge < -0.3 is 5.73 Å². The largest absolute Gasteiger partial charge is 0.326 e. The highest BCUT2D eigenvalue weighted by molar-refractivity contribution is 6.29. The summed E-state index contributed by atoms with van der Waals surface area (Å²) in [6.07, 6.45) is 6.85. The second-order valence-electron chi connectivity index (χ2n) is 4.44. The first kappa shape index (κ1) is 11.7. The first-order chi connectivity index (χ1) is 7.79. The van der Waals surface area contributed by atoms with Gasteiger partial charge in [-0.2, -0.15) is 0 Å². The number of nitrogens with two attached hydrogens (primary N) is 1. The molecule has 2 rings (SSSR count). The monoisotopic (exact) mass is 235 g/mol. The third-order valence-corrected chi connectivity index (χ3v) is 3.69. The molecular weight excluding hydrogens is 218 g/mol. The Bertz CT molecular complexity index is 367. The van der Waals surface area contributed by atoms with Crippen LogP contribution >= 0.6 is 11.6 Å². The highest BCUT2D eigenvalue weighted by Gasteiger charge is 2.16. The van der Waals surface area contributed by atoms with Crippen LogP contribution in [0.15, 0.2) is 35.4 Å². The van der Waals surface area contributed by atoms with Gasteiger partial charge in [0.15, 0.2) is 0 Å². The highest BCUT2D eigenvalue weighted by atomic mass is 35.5. The zero-order valence-corrected chi connectivity index (χ0v) is 10.2. The number of rotatable bonds is 3. The second-order valence-corrected chi connectivity index (χ2v) is 4.88. The summed E-state index contributed by atoms with van der Waals surface area (Å²) < 4.78 is 0. The van der Waals surface area contributed by atoms with E-state index in [4.69, 9.17) is 17.3 Å². The fourth-order valence-electron chi connectivity index (χ4n) is 2.20. The van der Waals surface area contributed by atoms with Crippen LogP contribution in [0.4, 0.5) is 0 Å². The Kier molecular flexibility index (Phi) is 4.03. The van der Waals surface area contributed by atoms with Gasteiger partial charge in [0, 0.05) is 11.6 Å². The van der Waals surface area contributed by atoms with Crippen molar-refractivity contribution >= 4 is 11.6 Å². The average molecular weight is 236 g/mol. The molecule has 0 saturated heterocycles. The summed E-state index contributed by atoms with van der Waals surface area (Å²) in [5.41, 5.74) is 8.12. The van der Waals surface area contributed by atoms with E-state index in [0.29, 0.717) is 12.5 Å². The minimum atomic E-state index is 0.527. The fraction of sp³-hybridized carbons (Fsp3) is 0.429. The maximum absolute atomic E-state index is 6.23. The number of allylic oxidation sites excluding steroid dienone is 2. The van der Waals surface area contributed by atoms with Gasteiger partial charge in [0.1, 0.15) is 0 Å². The Balaban J connectivity index is 2.02. The van der Waals surface area contributed by atoms with E-state index < -0.39 is 0 Å². The van der Waals surface area contributed by atoms with Gasteiger partial charge in [-0.25, -0.2) is 0 Å². The Labute approximate surface area is 102 Å². The van der Waals surface area contributed by atoms with Crippen molar-refractivity contribution in [2.75, 3.05) is 0 Å². The standard InChI is InChI=1S/C14H18ClN/c15-14-4-2-1-3-13(14)9-11-5-7-12(10-16)8-6-11/h4-8,13H,1-3,9-10,16H2. The normalized spacial score (nSPS) is 20.6. The van der Waals surface area contributed by atoms with Gasteiger partial charge in [0.05, 0.1) is 0 Å². The maximum atomic E-state index is 6.23. The lowest BCUT2D eigenvalue weighted by Crippen LogP contribution is -2.08. The molecule has 0 aromatic heterocycles. The lowest BCUT2D eigenvalue weighted by molar-refractivity contribution is 0.528. The van der Waals surface area contributed by atoms with Crippen molar-refractivity contribution < 1.29 is 0 Å². The van der Waals surface area contributed by atoms with Gasteiger partial charge in [0.2, 0.25) is 0 Å². The van der Waals surface area contributed by atoms with E-state index in [2.05, 4.69) is 30.3 Å². The first-order valence-electron chi connectivity index (χ1n) is 5.93. The van der Waals surface area contributed by atoms with E-state index >= 15 is 0 Å². The maximum Gasteiger partial charge on any atom is 0.0178 e. The molecule has 0 heterocycles. The highest BCUT2D eigenvalue weighted by Crippen LogP contribution is 2.30. The quantitative estimate of drug-likeness (QED) is 0.851. The van der Waals surface area contributed by atoms with Crippen LogP contribution in [0.2, 0.25) is 0 Å². The Morgan fingerprint density at radius 3 is 2.50 bits per heavy atom. The molecule has 0 saturated carbocycles. The van der Waals surface area contributed by atoms with Gasteiger partial charge in [-0.1, -0.05) is 41.9 Å². The predicted molar refractivity (Wildman–Crippen MR) is 69.3 cm³/mol. The van der Waals surface area contributed by atoms with Crippen LogP contribution in [0.1, 0.15) is 30.4 Å². The smallest absolute Gasteiger partial charge is 0.0178 e. The van der Waals surface area contributed by atoms with Crippen LogP contribution in [0.25, 0.3) is 0 Å². The molecule has 1 aliphatic rings. The van der Waals surface area contributed by atoms with Crippen molar-refractivity contribution in [3.63, 3.8) is 0 Å². The second kappa shape index (κ2) is 5.51. The van der Waals surface area contributed by atoms with E-state index in [1.165, 1.54) is 24.0 Å². The summed E-state index contributed by atoms with van der Waals surface area (Å²) in [5, 5.41) is 1.05. The minimum absolute atomic E-state index is 0.527. The third kappa shape index (κ3) is 2.87. The van der Waals surface area contributed by atoms with Gasteiger partial charge in [-0.05, 0) is 42.7 Å². The number of halogens is 1. The predicted octanol–water partition coefficient (Wildman–Crippen LogP) is 3.61. The van der Waals surface area contributed by atoms with E-state index in [1.54, 1.807) is 0 Å². The van der Waals surface area contributed by atoms with Crippen molar-refractivity contribution in [2.24, 2.45) is 11.7 Å². The van der Waals surface area contributed by atoms with Gasteiger partial charge in [0.25, 0.3) is 0 Å². The molecule has 1 unspecified atom stereocenters. The van der Waals surface area contributed by atoms with Crippen molar-refractivity contribution in [1.29, 1.82) is 0 Å². The molecule has 0 spiro atoms. The number of hydrogen-bond acceptors (Lipinski definition) is 1. The van der Waals surface area contributed by atoms with Crippen LogP contribution in [-0.4, -0.2) is 0 Å².